The van der Waals surface area contributed by atoms with Crippen LogP contribution >= 0.6 is 24.0 Å². The first-order valence-electron chi connectivity index (χ1n) is 7.17. The number of rotatable bonds is 7. The van der Waals surface area contributed by atoms with Crippen LogP contribution in [0.5, 0.6) is 5.75 Å². The highest BCUT2D eigenvalue weighted by atomic mass is 32.2. The molecular formula is C15H15FN2O5S2. The number of amides is 2. The van der Waals surface area contributed by atoms with E-state index in [2.05, 4.69) is 5.32 Å². The second-order valence-corrected chi connectivity index (χ2v) is 6.48. The molecule has 0 bridgehead atoms. The lowest BCUT2D eigenvalue weighted by Crippen LogP contribution is -2.38. The summed E-state index contributed by atoms with van der Waals surface area (Å²) in [6.45, 7) is -0.144. The minimum atomic E-state index is -0.956. The van der Waals surface area contributed by atoms with Gasteiger partial charge in [-0.15, -0.1) is 0 Å². The topological polar surface area (TPSA) is 84.9 Å². The summed E-state index contributed by atoms with van der Waals surface area (Å²) < 4.78 is 23.8. The van der Waals surface area contributed by atoms with Gasteiger partial charge in [0.2, 0.25) is 5.91 Å². The number of nitrogens with zero attached hydrogens (tertiary/aromatic N) is 1. The molecule has 1 heterocycles. The number of thiocarbonyl (C=S) groups is 1. The van der Waals surface area contributed by atoms with Crippen molar-refractivity contribution in [3.05, 3.63) is 29.6 Å². The Morgan fingerprint density at radius 1 is 1.44 bits per heavy atom. The van der Waals surface area contributed by atoms with Gasteiger partial charge in [-0.2, -0.15) is 0 Å². The molecule has 0 unspecified atom stereocenters. The molecule has 0 spiro atoms. The van der Waals surface area contributed by atoms with Crippen LogP contribution in [0.2, 0.25) is 0 Å². The second kappa shape index (κ2) is 8.77. The van der Waals surface area contributed by atoms with Gasteiger partial charge in [-0.1, -0.05) is 24.0 Å². The minimum Gasteiger partial charge on any atom is -0.497 e. The smallest absolute Gasteiger partial charge is 0.341 e. The molecule has 10 heteroatoms. The third kappa shape index (κ3) is 5.13. The molecule has 25 heavy (non-hydrogen) atoms. The lowest BCUT2D eigenvalue weighted by Gasteiger charge is -2.15. The van der Waals surface area contributed by atoms with Crippen molar-refractivity contribution in [2.45, 2.75) is 0 Å². The number of ether oxygens (including phenoxy) is 2. The molecule has 2 rings (SSSR count). The van der Waals surface area contributed by atoms with E-state index in [4.69, 9.17) is 21.7 Å². The first-order valence-corrected chi connectivity index (χ1v) is 8.56. The summed E-state index contributed by atoms with van der Waals surface area (Å²) in [4.78, 5) is 36.3. The summed E-state index contributed by atoms with van der Waals surface area (Å²) in [7, 11) is 1.37. The van der Waals surface area contributed by atoms with Crippen LogP contribution in [0, 0.1) is 5.82 Å². The predicted octanol–water partition coefficient (Wildman–Crippen LogP) is 0.968. The largest absolute Gasteiger partial charge is 0.497 e. The number of thioether (sulfide) groups is 1. The Morgan fingerprint density at radius 2 is 2.20 bits per heavy atom. The summed E-state index contributed by atoms with van der Waals surface area (Å²) in [5, 5.41) is 2.50. The van der Waals surface area contributed by atoms with Gasteiger partial charge in [0.25, 0.3) is 5.91 Å². The monoisotopic (exact) mass is 386 g/mol. The molecule has 1 aliphatic heterocycles. The average Bonchev–Trinajstić information content (AvgIpc) is 2.91. The summed E-state index contributed by atoms with van der Waals surface area (Å²) in [6.07, 6.45) is 0. The maximum Gasteiger partial charge on any atom is 0.341 e. The van der Waals surface area contributed by atoms with Gasteiger partial charge in [-0.05, 0) is 12.1 Å². The molecule has 0 aromatic heterocycles. The fourth-order valence-electron chi connectivity index (χ4n) is 1.95. The van der Waals surface area contributed by atoms with E-state index in [0.29, 0.717) is 10.1 Å². The number of halogens is 1. The number of nitrogens with one attached hydrogen (secondary N) is 1. The van der Waals surface area contributed by atoms with Crippen LogP contribution in [-0.4, -0.2) is 59.6 Å². The summed E-state index contributed by atoms with van der Waals surface area (Å²) in [5.74, 6) is -1.86. The van der Waals surface area contributed by atoms with Gasteiger partial charge in [0.1, 0.15) is 15.9 Å². The average molecular weight is 386 g/mol. The maximum absolute atomic E-state index is 13.7. The molecule has 7 nitrogen and oxygen atoms in total. The molecule has 0 atom stereocenters. The van der Waals surface area contributed by atoms with Crippen molar-refractivity contribution in [2.75, 3.05) is 32.6 Å². The van der Waals surface area contributed by atoms with E-state index in [0.717, 1.165) is 6.07 Å². The zero-order valence-corrected chi connectivity index (χ0v) is 14.9. The zero-order chi connectivity index (χ0) is 18.4. The molecule has 1 N–H and O–H groups in total. The molecule has 1 fully saturated rings. The molecule has 1 saturated heterocycles. The predicted molar refractivity (Wildman–Crippen MR) is 93.0 cm³/mol. The van der Waals surface area contributed by atoms with Crippen LogP contribution in [-0.2, 0) is 14.3 Å². The third-order valence-electron chi connectivity index (χ3n) is 3.23. The van der Waals surface area contributed by atoms with E-state index in [9.17, 15) is 18.8 Å². The Morgan fingerprint density at radius 3 is 2.80 bits per heavy atom. The number of esters is 1. The number of hydrogen-bond acceptors (Lipinski definition) is 7. The van der Waals surface area contributed by atoms with E-state index in [-0.39, 0.29) is 30.3 Å². The molecule has 1 aromatic carbocycles. The highest BCUT2D eigenvalue weighted by Crippen LogP contribution is 2.18. The Labute approximate surface area is 152 Å². The van der Waals surface area contributed by atoms with Crippen molar-refractivity contribution < 1.29 is 28.2 Å². The van der Waals surface area contributed by atoms with Gasteiger partial charge in [0, 0.05) is 19.2 Å². The first kappa shape index (κ1) is 19.1. The first-order chi connectivity index (χ1) is 11.9. The van der Waals surface area contributed by atoms with Crippen LogP contribution in [0.15, 0.2) is 18.2 Å². The highest BCUT2D eigenvalue weighted by molar-refractivity contribution is 8.23. The lowest BCUT2D eigenvalue weighted by molar-refractivity contribution is -0.126. The summed E-state index contributed by atoms with van der Waals surface area (Å²) in [5.41, 5.74) is -0.293. The van der Waals surface area contributed by atoms with Gasteiger partial charge < -0.3 is 14.8 Å². The van der Waals surface area contributed by atoms with E-state index in [1.54, 1.807) is 0 Å². The van der Waals surface area contributed by atoms with Crippen LogP contribution in [0.25, 0.3) is 0 Å². The molecule has 134 valence electrons. The van der Waals surface area contributed by atoms with Gasteiger partial charge >= 0.3 is 5.97 Å². The number of benzene rings is 1. The van der Waals surface area contributed by atoms with Crippen molar-refractivity contribution in [3.63, 3.8) is 0 Å². The Kier molecular flexibility index (Phi) is 6.71. The van der Waals surface area contributed by atoms with Crippen LogP contribution in [0.1, 0.15) is 10.4 Å². The maximum atomic E-state index is 13.7. The fourth-order valence-corrected chi connectivity index (χ4v) is 3.07. The minimum absolute atomic E-state index is 0.106. The van der Waals surface area contributed by atoms with E-state index < -0.39 is 24.3 Å². The zero-order valence-electron chi connectivity index (χ0n) is 13.2. The van der Waals surface area contributed by atoms with E-state index in [1.165, 1.54) is 35.9 Å². The number of carbonyl (C=O) groups is 3. The number of carbonyl (C=O) groups excluding carboxylic acids is 3. The van der Waals surface area contributed by atoms with E-state index in [1.807, 2.05) is 0 Å². The summed E-state index contributed by atoms with van der Waals surface area (Å²) in [6, 6.07) is 3.67. The van der Waals surface area contributed by atoms with Gasteiger partial charge in [0.15, 0.2) is 6.61 Å². The van der Waals surface area contributed by atoms with Crippen molar-refractivity contribution in [1.82, 2.24) is 10.2 Å². The van der Waals surface area contributed by atoms with Crippen LogP contribution in [0.3, 0.4) is 0 Å². The molecule has 0 aliphatic carbocycles. The van der Waals surface area contributed by atoms with Gasteiger partial charge in [0.05, 0.1) is 18.4 Å². The summed E-state index contributed by atoms with van der Waals surface area (Å²) >= 11 is 6.28. The molecule has 0 saturated carbocycles. The standard InChI is InChI=1S/C15H15FN2O5S2/c1-22-9-2-3-10(11(16)6-9)14(21)23-7-12(19)17-4-5-18-13(20)8-25-15(18)24/h2-3,6H,4-5,7-8H2,1H3,(H,17,19). The van der Waals surface area contributed by atoms with Gasteiger partial charge in [-0.3, -0.25) is 14.5 Å². The van der Waals surface area contributed by atoms with Crippen molar-refractivity contribution >= 4 is 46.1 Å². The van der Waals surface area contributed by atoms with E-state index >= 15 is 0 Å². The van der Waals surface area contributed by atoms with Crippen LogP contribution < -0.4 is 10.1 Å². The normalized spacial score (nSPS) is 13.8. The SMILES string of the molecule is COc1ccc(C(=O)OCC(=O)NCCN2C(=O)CSC2=S)c(F)c1. The Hall–Kier alpha value is -2.20. The molecule has 1 aromatic rings. The molecule has 0 radical (unpaired) electrons. The van der Waals surface area contributed by atoms with Gasteiger partial charge in [-0.25, -0.2) is 9.18 Å². The fraction of sp³-hybridized carbons (Fsp3) is 0.333. The third-order valence-corrected chi connectivity index (χ3v) is 4.66. The lowest BCUT2D eigenvalue weighted by atomic mass is 10.2. The Bertz CT molecular complexity index is 697. The molecule has 1 aliphatic rings. The Balaban J connectivity index is 1.75. The quantitative estimate of drug-likeness (QED) is 0.552. The molecular weight excluding hydrogens is 371 g/mol. The van der Waals surface area contributed by atoms with Crippen molar-refractivity contribution in [1.29, 1.82) is 0 Å². The van der Waals surface area contributed by atoms with Crippen molar-refractivity contribution in [2.24, 2.45) is 0 Å². The number of methoxy groups -OCH3 is 1. The second-order valence-electron chi connectivity index (χ2n) is 4.87. The van der Waals surface area contributed by atoms with Crippen molar-refractivity contribution in [3.8, 4) is 5.75 Å². The van der Waals surface area contributed by atoms with Crippen LogP contribution in [0.4, 0.5) is 4.39 Å². The molecule has 2 amide bonds. The number of hydrogen-bond donors (Lipinski definition) is 1. The highest BCUT2D eigenvalue weighted by Gasteiger charge is 2.26.